The second kappa shape index (κ2) is 5.67. The first kappa shape index (κ1) is 13.3. The van der Waals surface area contributed by atoms with Crippen LogP contribution in [-0.2, 0) is 6.54 Å². The molecule has 0 bridgehead atoms. The SMILES string of the molecule is CCNCc1cnc(-c2cc(C)c(Br)c(C)c2)[nH]1. The van der Waals surface area contributed by atoms with E-state index in [0.29, 0.717) is 0 Å². The van der Waals surface area contributed by atoms with Crippen LogP contribution in [0.5, 0.6) is 0 Å². The van der Waals surface area contributed by atoms with Gasteiger partial charge in [0.2, 0.25) is 0 Å². The average Bonchev–Trinajstić information content (AvgIpc) is 2.81. The Kier molecular flexibility index (Phi) is 4.19. The minimum atomic E-state index is 0.831. The van der Waals surface area contributed by atoms with Gasteiger partial charge in [-0.05, 0) is 43.7 Å². The van der Waals surface area contributed by atoms with Crippen molar-refractivity contribution >= 4 is 15.9 Å². The first-order chi connectivity index (χ1) is 8.61. The van der Waals surface area contributed by atoms with Gasteiger partial charge in [0, 0.05) is 28.5 Å². The second-order valence-corrected chi connectivity index (χ2v) is 5.25. The van der Waals surface area contributed by atoms with Crippen LogP contribution in [0.25, 0.3) is 11.4 Å². The Labute approximate surface area is 116 Å². The van der Waals surface area contributed by atoms with E-state index in [9.17, 15) is 0 Å². The number of rotatable bonds is 4. The number of imidazole rings is 1. The molecule has 0 unspecified atom stereocenters. The number of aryl methyl sites for hydroxylation is 2. The third kappa shape index (κ3) is 2.82. The van der Waals surface area contributed by atoms with Crippen LogP contribution in [0.1, 0.15) is 23.7 Å². The fourth-order valence-electron chi connectivity index (χ4n) is 1.94. The average molecular weight is 308 g/mol. The predicted molar refractivity (Wildman–Crippen MR) is 78.6 cm³/mol. The fraction of sp³-hybridized carbons (Fsp3) is 0.357. The maximum Gasteiger partial charge on any atom is 0.137 e. The Hall–Kier alpha value is -1.13. The third-order valence-corrected chi connectivity index (χ3v) is 4.15. The molecule has 0 aliphatic heterocycles. The van der Waals surface area contributed by atoms with Crippen molar-refractivity contribution in [1.29, 1.82) is 0 Å². The van der Waals surface area contributed by atoms with E-state index in [1.807, 2.05) is 6.20 Å². The molecule has 0 radical (unpaired) electrons. The molecular weight excluding hydrogens is 290 g/mol. The number of halogens is 1. The van der Waals surface area contributed by atoms with E-state index in [4.69, 9.17) is 0 Å². The summed E-state index contributed by atoms with van der Waals surface area (Å²) in [4.78, 5) is 7.79. The first-order valence-corrected chi connectivity index (χ1v) is 6.92. The van der Waals surface area contributed by atoms with Crippen LogP contribution in [0.3, 0.4) is 0 Å². The molecule has 96 valence electrons. The smallest absolute Gasteiger partial charge is 0.137 e. The Morgan fingerprint density at radius 1 is 1.28 bits per heavy atom. The normalized spacial score (nSPS) is 10.9. The lowest BCUT2D eigenvalue weighted by molar-refractivity contribution is 0.714. The van der Waals surface area contributed by atoms with E-state index in [2.05, 4.69) is 64.1 Å². The Bertz CT molecular complexity index is 523. The summed E-state index contributed by atoms with van der Waals surface area (Å²) >= 11 is 3.58. The number of nitrogens with zero attached hydrogens (tertiary/aromatic N) is 1. The highest BCUT2D eigenvalue weighted by Crippen LogP contribution is 2.26. The topological polar surface area (TPSA) is 40.7 Å². The molecule has 0 spiro atoms. The zero-order valence-corrected chi connectivity index (χ0v) is 12.6. The molecule has 0 aliphatic rings. The molecule has 0 saturated carbocycles. The summed E-state index contributed by atoms with van der Waals surface area (Å²) in [5.74, 6) is 0.932. The molecule has 4 heteroatoms. The maximum absolute atomic E-state index is 4.44. The molecular formula is C14H18BrN3. The standard InChI is InChI=1S/C14H18BrN3/c1-4-16-7-12-8-17-14(18-12)11-5-9(2)13(15)10(3)6-11/h5-6,8,16H,4,7H2,1-3H3,(H,17,18). The summed E-state index contributed by atoms with van der Waals surface area (Å²) in [7, 11) is 0. The largest absolute Gasteiger partial charge is 0.341 e. The van der Waals surface area contributed by atoms with E-state index in [-0.39, 0.29) is 0 Å². The van der Waals surface area contributed by atoms with Gasteiger partial charge in [0.15, 0.2) is 0 Å². The lowest BCUT2D eigenvalue weighted by atomic mass is 10.1. The van der Waals surface area contributed by atoms with Crippen LogP contribution in [0.15, 0.2) is 22.8 Å². The summed E-state index contributed by atoms with van der Waals surface area (Å²) < 4.78 is 1.17. The van der Waals surface area contributed by atoms with Gasteiger partial charge in [-0.2, -0.15) is 0 Å². The van der Waals surface area contributed by atoms with E-state index < -0.39 is 0 Å². The minimum absolute atomic E-state index is 0.831. The zero-order valence-electron chi connectivity index (χ0n) is 11.0. The van der Waals surface area contributed by atoms with Crippen molar-refractivity contribution in [1.82, 2.24) is 15.3 Å². The molecule has 0 aliphatic carbocycles. The summed E-state index contributed by atoms with van der Waals surface area (Å²) in [6.07, 6.45) is 1.89. The van der Waals surface area contributed by atoms with Crippen LogP contribution in [0.4, 0.5) is 0 Å². The first-order valence-electron chi connectivity index (χ1n) is 6.13. The minimum Gasteiger partial charge on any atom is -0.341 e. The summed E-state index contributed by atoms with van der Waals surface area (Å²) in [6, 6.07) is 4.29. The summed E-state index contributed by atoms with van der Waals surface area (Å²) in [5, 5.41) is 3.28. The summed E-state index contributed by atoms with van der Waals surface area (Å²) in [5.41, 5.74) is 4.71. The van der Waals surface area contributed by atoms with Crippen molar-refractivity contribution < 1.29 is 0 Å². The summed E-state index contributed by atoms with van der Waals surface area (Å²) in [6.45, 7) is 8.09. The van der Waals surface area contributed by atoms with Crippen LogP contribution < -0.4 is 5.32 Å². The molecule has 1 aromatic heterocycles. The van der Waals surface area contributed by atoms with Gasteiger partial charge < -0.3 is 10.3 Å². The second-order valence-electron chi connectivity index (χ2n) is 4.46. The fourth-order valence-corrected chi connectivity index (χ4v) is 2.17. The van der Waals surface area contributed by atoms with E-state index in [1.54, 1.807) is 0 Å². The number of hydrogen-bond donors (Lipinski definition) is 2. The van der Waals surface area contributed by atoms with Crippen molar-refractivity contribution in [3.05, 3.63) is 39.6 Å². The van der Waals surface area contributed by atoms with Crippen LogP contribution in [0.2, 0.25) is 0 Å². The van der Waals surface area contributed by atoms with E-state index in [1.165, 1.54) is 15.6 Å². The van der Waals surface area contributed by atoms with Crippen molar-refractivity contribution in [3.8, 4) is 11.4 Å². The van der Waals surface area contributed by atoms with Gasteiger partial charge >= 0.3 is 0 Å². The van der Waals surface area contributed by atoms with Crippen LogP contribution in [0, 0.1) is 13.8 Å². The molecule has 0 saturated heterocycles. The predicted octanol–water partition coefficient (Wildman–Crippen LogP) is 3.57. The van der Waals surface area contributed by atoms with Crippen LogP contribution in [-0.4, -0.2) is 16.5 Å². The molecule has 2 rings (SSSR count). The van der Waals surface area contributed by atoms with Gasteiger partial charge in [-0.15, -0.1) is 0 Å². The number of nitrogens with one attached hydrogen (secondary N) is 2. The third-order valence-electron chi connectivity index (χ3n) is 2.90. The lowest BCUT2D eigenvalue weighted by Crippen LogP contribution is -2.11. The highest BCUT2D eigenvalue weighted by Gasteiger charge is 2.07. The highest BCUT2D eigenvalue weighted by molar-refractivity contribution is 9.10. The van der Waals surface area contributed by atoms with Crippen molar-refractivity contribution in [2.45, 2.75) is 27.3 Å². The van der Waals surface area contributed by atoms with E-state index in [0.717, 1.165) is 30.2 Å². The number of aromatic nitrogens is 2. The van der Waals surface area contributed by atoms with Gasteiger partial charge in [-0.3, -0.25) is 0 Å². The lowest BCUT2D eigenvalue weighted by Gasteiger charge is -2.06. The Morgan fingerprint density at radius 2 is 1.94 bits per heavy atom. The number of aromatic amines is 1. The molecule has 0 amide bonds. The van der Waals surface area contributed by atoms with Crippen molar-refractivity contribution in [2.24, 2.45) is 0 Å². The van der Waals surface area contributed by atoms with Crippen molar-refractivity contribution in [3.63, 3.8) is 0 Å². The van der Waals surface area contributed by atoms with E-state index >= 15 is 0 Å². The Morgan fingerprint density at radius 3 is 2.56 bits per heavy atom. The van der Waals surface area contributed by atoms with Gasteiger partial charge in [0.25, 0.3) is 0 Å². The molecule has 0 atom stereocenters. The maximum atomic E-state index is 4.44. The molecule has 2 aromatic rings. The molecule has 0 fully saturated rings. The molecule has 1 aromatic carbocycles. The molecule has 3 nitrogen and oxygen atoms in total. The molecule has 1 heterocycles. The molecule has 18 heavy (non-hydrogen) atoms. The van der Waals surface area contributed by atoms with Crippen LogP contribution >= 0.6 is 15.9 Å². The van der Waals surface area contributed by atoms with Gasteiger partial charge in [-0.25, -0.2) is 4.98 Å². The van der Waals surface area contributed by atoms with Gasteiger partial charge in [0.05, 0.1) is 0 Å². The van der Waals surface area contributed by atoms with Gasteiger partial charge in [0.1, 0.15) is 5.82 Å². The number of benzene rings is 1. The van der Waals surface area contributed by atoms with Crippen molar-refractivity contribution in [2.75, 3.05) is 6.54 Å². The number of hydrogen-bond acceptors (Lipinski definition) is 2. The number of H-pyrrole nitrogens is 1. The van der Waals surface area contributed by atoms with Gasteiger partial charge in [-0.1, -0.05) is 22.9 Å². The highest BCUT2D eigenvalue weighted by atomic mass is 79.9. The Balaban J connectivity index is 2.28. The monoisotopic (exact) mass is 307 g/mol. The zero-order chi connectivity index (χ0) is 13.1. The molecule has 2 N–H and O–H groups in total. The quantitative estimate of drug-likeness (QED) is 0.906.